The molecule has 0 spiro atoms. The maximum Gasteiger partial charge on any atom is 0.174 e. The van der Waals surface area contributed by atoms with Gasteiger partial charge in [-0.3, -0.25) is 5.84 Å². The number of hydrazine groups is 2. The van der Waals surface area contributed by atoms with Crippen LogP contribution in [0.2, 0.25) is 0 Å². The first-order valence-electron chi connectivity index (χ1n) is 7.22. The van der Waals surface area contributed by atoms with Gasteiger partial charge in [0, 0.05) is 18.3 Å². The van der Waals surface area contributed by atoms with Gasteiger partial charge in [-0.2, -0.15) is 5.12 Å². The van der Waals surface area contributed by atoms with E-state index in [-0.39, 0.29) is 5.82 Å². The molecule has 0 atom stereocenters. The molecule has 1 aromatic heterocycles. The first kappa shape index (κ1) is 12.7. The SMILES string of the molecule is Cc1ccc(-c2cnc3c(c2)N3N(N)CC2CC2)cc1F. The van der Waals surface area contributed by atoms with Crippen molar-refractivity contribution in [2.75, 3.05) is 11.6 Å². The topological polar surface area (TPSA) is 45.2 Å². The molecule has 0 radical (unpaired) electrons. The third-order valence-electron chi connectivity index (χ3n) is 4.13. The zero-order valence-corrected chi connectivity index (χ0v) is 11.9. The van der Waals surface area contributed by atoms with Crippen LogP contribution in [0.3, 0.4) is 0 Å². The number of hydrogen-bond acceptors (Lipinski definition) is 4. The molecule has 2 aliphatic rings. The van der Waals surface area contributed by atoms with E-state index in [1.807, 2.05) is 17.1 Å². The number of aryl methyl sites for hydroxylation is 1. The number of rotatable bonds is 4. The Morgan fingerprint density at radius 1 is 1.33 bits per heavy atom. The van der Waals surface area contributed by atoms with Gasteiger partial charge in [-0.25, -0.2) is 14.4 Å². The Kier molecular flexibility index (Phi) is 2.74. The maximum absolute atomic E-state index is 13.7. The molecule has 0 amide bonds. The molecule has 1 saturated carbocycles. The van der Waals surface area contributed by atoms with Crippen molar-refractivity contribution >= 4 is 11.5 Å². The summed E-state index contributed by atoms with van der Waals surface area (Å²) in [6, 6.07) is 7.27. The van der Waals surface area contributed by atoms with Gasteiger partial charge in [0.1, 0.15) is 11.5 Å². The fourth-order valence-electron chi connectivity index (χ4n) is 2.56. The van der Waals surface area contributed by atoms with Gasteiger partial charge in [0.25, 0.3) is 0 Å². The second-order valence-electron chi connectivity index (χ2n) is 5.91. The highest BCUT2D eigenvalue weighted by Gasteiger charge is 2.38. The standard InChI is InChI=1S/C16H17FN4/c1-10-2-5-12(6-14(10)17)13-7-15-16(19-8-13)21(15)20(18)9-11-3-4-11/h2,5-8,11H,3-4,9,18H2,1H3. The molecule has 1 aliphatic carbocycles. The Labute approximate surface area is 122 Å². The molecule has 2 heterocycles. The summed E-state index contributed by atoms with van der Waals surface area (Å²) in [6.07, 6.45) is 4.30. The normalized spacial score (nSPS) is 16.3. The lowest BCUT2D eigenvalue weighted by Crippen LogP contribution is -2.39. The molecule has 1 aliphatic heterocycles. The summed E-state index contributed by atoms with van der Waals surface area (Å²) in [5.41, 5.74) is 3.41. The van der Waals surface area contributed by atoms with Crippen LogP contribution >= 0.6 is 0 Å². The van der Waals surface area contributed by atoms with E-state index in [1.165, 1.54) is 12.8 Å². The summed E-state index contributed by atoms with van der Waals surface area (Å²) in [5.74, 6) is 7.49. The molecule has 2 N–H and O–H groups in total. The molecule has 0 saturated heterocycles. The Balaban J connectivity index is 1.57. The van der Waals surface area contributed by atoms with E-state index in [0.717, 1.165) is 35.1 Å². The summed E-state index contributed by atoms with van der Waals surface area (Å²) >= 11 is 0. The van der Waals surface area contributed by atoms with Crippen molar-refractivity contribution in [3.63, 3.8) is 0 Å². The van der Waals surface area contributed by atoms with E-state index >= 15 is 0 Å². The number of aromatic nitrogens is 1. The van der Waals surface area contributed by atoms with Crippen LogP contribution in [0.15, 0.2) is 30.5 Å². The monoisotopic (exact) mass is 284 g/mol. The van der Waals surface area contributed by atoms with Crippen molar-refractivity contribution in [1.82, 2.24) is 10.1 Å². The molecule has 4 nitrogen and oxygen atoms in total. The lowest BCUT2D eigenvalue weighted by atomic mass is 10.1. The van der Waals surface area contributed by atoms with Gasteiger partial charge < -0.3 is 0 Å². The number of halogens is 1. The van der Waals surface area contributed by atoms with Crippen molar-refractivity contribution < 1.29 is 4.39 Å². The molecule has 108 valence electrons. The lowest BCUT2D eigenvalue weighted by molar-refractivity contribution is 0.292. The van der Waals surface area contributed by atoms with Crippen LogP contribution in [0.1, 0.15) is 18.4 Å². The number of nitrogens with zero attached hydrogens (tertiary/aromatic N) is 3. The first-order chi connectivity index (χ1) is 10.1. The van der Waals surface area contributed by atoms with E-state index < -0.39 is 0 Å². The first-order valence-corrected chi connectivity index (χ1v) is 7.22. The number of pyridine rings is 1. The zero-order valence-electron chi connectivity index (χ0n) is 11.9. The second-order valence-corrected chi connectivity index (χ2v) is 5.91. The molecule has 0 unspecified atom stereocenters. The molecule has 21 heavy (non-hydrogen) atoms. The predicted octanol–water partition coefficient (Wildman–Crippen LogP) is 3.15. The fourth-order valence-corrected chi connectivity index (χ4v) is 2.56. The minimum absolute atomic E-state index is 0.191. The van der Waals surface area contributed by atoms with Crippen LogP contribution in [0.4, 0.5) is 15.9 Å². The molecular formula is C16H17FN4. The van der Waals surface area contributed by atoms with Crippen molar-refractivity contribution in [1.29, 1.82) is 0 Å². The van der Waals surface area contributed by atoms with Gasteiger partial charge in [-0.1, -0.05) is 12.1 Å². The van der Waals surface area contributed by atoms with Crippen LogP contribution in [-0.2, 0) is 0 Å². The third-order valence-corrected chi connectivity index (χ3v) is 4.13. The Bertz CT molecular complexity index is 711. The van der Waals surface area contributed by atoms with Crippen LogP contribution in [0, 0.1) is 18.7 Å². The van der Waals surface area contributed by atoms with Crippen LogP contribution < -0.4 is 10.9 Å². The summed E-state index contributed by atoms with van der Waals surface area (Å²) in [4.78, 5) is 4.41. The Morgan fingerprint density at radius 3 is 2.86 bits per heavy atom. The third kappa shape index (κ3) is 2.28. The predicted molar refractivity (Wildman–Crippen MR) is 80.1 cm³/mol. The van der Waals surface area contributed by atoms with Crippen LogP contribution in [0.25, 0.3) is 11.1 Å². The largest absolute Gasteiger partial charge is 0.250 e. The van der Waals surface area contributed by atoms with E-state index in [9.17, 15) is 4.39 Å². The van der Waals surface area contributed by atoms with Crippen LogP contribution in [-0.4, -0.2) is 16.6 Å². The van der Waals surface area contributed by atoms with E-state index in [1.54, 1.807) is 30.4 Å². The number of anilines is 2. The van der Waals surface area contributed by atoms with Crippen molar-refractivity contribution in [3.05, 3.63) is 41.8 Å². The quantitative estimate of drug-likeness (QED) is 0.532. The Hall–Kier alpha value is -1.98. The number of benzene rings is 1. The van der Waals surface area contributed by atoms with Gasteiger partial charge in [-0.15, -0.1) is 0 Å². The summed E-state index contributed by atoms with van der Waals surface area (Å²) < 4.78 is 13.7. The molecule has 4 rings (SSSR count). The average Bonchev–Trinajstić information content (AvgIpc) is 3.35. The molecule has 5 heteroatoms. The average molecular weight is 284 g/mol. The highest BCUT2D eigenvalue weighted by atomic mass is 19.1. The van der Waals surface area contributed by atoms with E-state index in [0.29, 0.717) is 5.56 Å². The van der Waals surface area contributed by atoms with Crippen molar-refractivity contribution in [2.45, 2.75) is 19.8 Å². The van der Waals surface area contributed by atoms with Gasteiger partial charge in [0.05, 0.1) is 0 Å². The molecule has 1 fully saturated rings. The second kappa shape index (κ2) is 4.51. The summed E-state index contributed by atoms with van der Waals surface area (Å²) in [6.45, 7) is 2.63. The smallest absolute Gasteiger partial charge is 0.174 e. The number of hydrogen-bond donors (Lipinski definition) is 1. The highest BCUT2D eigenvalue weighted by Crippen LogP contribution is 2.48. The van der Waals surface area contributed by atoms with Gasteiger partial charge in [0.2, 0.25) is 0 Å². The zero-order chi connectivity index (χ0) is 14.6. The number of nitrogens with two attached hydrogens (primary N) is 1. The lowest BCUT2D eigenvalue weighted by Gasteiger charge is -2.16. The maximum atomic E-state index is 13.7. The van der Waals surface area contributed by atoms with Gasteiger partial charge >= 0.3 is 0 Å². The highest BCUT2D eigenvalue weighted by molar-refractivity contribution is 5.91. The molecule has 0 bridgehead atoms. The Morgan fingerprint density at radius 2 is 2.14 bits per heavy atom. The van der Waals surface area contributed by atoms with Crippen LogP contribution in [0.5, 0.6) is 0 Å². The van der Waals surface area contributed by atoms with Crippen molar-refractivity contribution in [3.8, 4) is 11.1 Å². The minimum atomic E-state index is -0.191. The minimum Gasteiger partial charge on any atom is -0.250 e. The molecule has 1 aromatic carbocycles. The van der Waals surface area contributed by atoms with E-state index in [2.05, 4.69) is 4.98 Å². The number of fused-ring (bicyclic) bond motifs is 1. The molecule has 2 aromatic rings. The summed E-state index contributed by atoms with van der Waals surface area (Å²) in [7, 11) is 0. The van der Waals surface area contributed by atoms with Gasteiger partial charge in [0.15, 0.2) is 5.82 Å². The van der Waals surface area contributed by atoms with Crippen molar-refractivity contribution in [2.24, 2.45) is 11.8 Å². The van der Waals surface area contributed by atoms with Gasteiger partial charge in [-0.05, 0) is 48.9 Å². The summed E-state index contributed by atoms with van der Waals surface area (Å²) in [5, 5.41) is 3.65. The fraction of sp³-hybridized carbons (Fsp3) is 0.312. The van der Waals surface area contributed by atoms with E-state index in [4.69, 9.17) is 5.84 Å². The molecular weight excluding hydrogens is 267 g/mol.